The minimum Gasteiger partial charge on any atom is -0.360 e. The van der Waals surface area contributed by atoms with Crippen molar-refractivity contribution < 1.29 is 4.79 Å². The molecule has 4 rings (SSSR count). The Morgan fingerprint density at radius 3 is 2.66 bits per heavy atom. The molecule has 0 aliphatic rings. The van der Waals surface area contributed by atoms with Crippen molar-refractivity contribution in [2.75, 3.05) is 0 Å². The molecule has 0 saturated carbocycles. The number of ketones is 1. The Labute approximate surface area is 174 Å². The second-order valence-corrected chi connectivity index (χ2v) is 8.36. The number of hydrogen-bond acceptors (Lipinski definition) is 4. The van der Waals surface area contributed by atoms with E-state index in [1.165, 1.54) is 17.3 Å². The van der Waals surface area contributed by atoms with Crippen molar-refractivity contribution in [1.29, 1.82) is 0 Å². The molecular weight excluding hydrogens is 380 g/mol. The van der Waals surface area contributed by atoms with Gasteiger partial charge in [-0.25, -0.2) is 0 Å². The number of nitrogens with one attached hydrogen (secondary N) is 1. The van der Waals surface area contributed by atoms with Crippen LogP contribution in [0.15, 0.2) is 66.2 Å². The largest absolute Gasteiger partial charge is 0.360 e. The van der Waals surface area contributed by atoms with E-state index in [0.29, 0.717) is 5.56 Å². The Kier molecular flexibility index (Phi) is 5.53. The molecule has 2 aromatic heterocycles. The second kappa shape index (κ2) is 8.25. The first-order valence-electron chi connectivity index (χ1n) is 9.84. The van der Waals surface area contributed by atoms with Crippen molar-refractivity contribution >= 4 is 28.4 Å². The predicted octanol–water partition coefficient (Wildman–Crippen LogP) is 5.62. The number of carbonyl (C=O) groups excluding carboxylic acids is 1. The second-order valence-electron chi connectivity index (χ2n) is 7.28. The van der Waals surface area contributed by atoms with Crippen molar-refractivity contribution in [2.45, 2.75) is 43.6 Å². The first-order chi connectivity index (χ1) is 14.1. The summed E-state index contributed by atoms with van der Waals surface area (Å²) in [5.74, 6) is 0.0685. The van der Waals surface area contributed by atoms with Crippen LogP contribution >= 0.6 is 11.8 Å². The summed E-state index contributed by atoms with van der Waals surface area (Å²) in [5, 5.41) is 9.65. The molecule has 148 valence electrons. The van der Waals surface area contributed by atoms with Gasteiger partial charge in [0.25, 0.3) is 0 Å². The van der Waals surface area contributed by atoms with Gasteiger partial charge < -0.3 is 9.55 Å². The Bertz CT molecular complexity index is 1130. The zero-order valence-corrected chi connectivity index (χ0v) is 17.6. The molecule has 29 heavy (non-hydrogen) atoms. The molecule has 0 aliphatic heterocycles. The fourth-order valence-electron chi connectivity index (χ4n) is 3.53. The molecule has 0 saturated heterocycles. The maximum Gasteiger partial charge on any atom is 0.192 e. The number of rotatable bonds is 7. The van der Waals surface area contributed by atoms with Crippen LogP contribution in [0.4, 0.5) is 0 Å². The Hall–Kier alpha value is -2.86. The molecule has 0 unspecified atom stereocenters. The average Bonchev–Trinajstić information content (AvgIpc) is 3.39. The quantitative estimate of drug-likeness (QED) is 0.321. The highest BCUT2D eigenvalue weighted by Crippen LogP contribution is 2.39. The summed E-state index contributed by atoms with van der Waals surface area (Å²) in [4.78, 5) is 17.0. The summed E-state index contributed by atoms with van der Waals surface area (Å²) in [6.45, 7) is 6.29. The van der Waals surface area contributed by atoms with Gasteiger partial charge in [0.15, 0.2) is 10.9 Å². The van der Waals surface area contributed by atoms with Gasteiger partial charge >= 0.3 is 0 Å². The molecule has 2 aromatic carbocycles. The van der Waals surface area contributed by atoms with Gasteiger partial charge in [-0.15, -0.1) is 10.2 Å². The van der Waals surface area contributed by atoms with Gasteiger partial charge in [-0.3, -0.25) is 4.79 Å². The number of benzene rings is 2. The summed E-state index contributed by atoms with van der Waals surface area (Å²) in [5.41, 5.74) is 3.93. The lowest BCUT2D eigenvalue weighted by atomic mass is 10.0. The van der Waals surface area contributed by atoms with E-state index in [9.17, 15) is 4.79 Å². The normalized spacial score (nSPS) is 12.6. The van der Waals surface area contributed by atoms with Crippen LogP contribution in [-0.4, -0.2) is 25.5 Å². The van der Waals surface area contributed by atoms with Crippen molar-refractivity contribution in [2.24, 2.45) is 0 Å². The van der Waals surface area contributed by atoms with Gasteiger partial charge in [0, 0.05) is 28.7 Å². The maximum atomic E-state index is 13.7. The molecule has 0 amide bonds. The molecule has 4 aromatic rings. The summed E-state index contributed by atoms with van der Waals surface area (Å²) < 4.78 is 2.00. The summed E-state index contributed by atoms with van der Waals surface area (Å²) in [6.07, 6.45) is 4.48. The Balaban J connectivity index is 1.78. The smallest absolute Gasteiger partial charge is 0.192 e. The number of Topliss-reactive ketones (excluding diaryl/α,β-unsaturated/α-hetero) is 1. The van der Waals surface area contributed by atoms with Crippen LogP contribution in [0, 0.1) is 0 Å². The van der Waals surface area contributed by atoms with Crippen molar-refractivity contribution in [1.82, 2.24) is 19.7 Å². The number of H-pyrrole nitrogens is 1. The number of aromatic amines is 1. The minimum atomic E-state index is -0.401. The molecular formula is C23H24N4OS. The fourth-order valence-corrected chi connectivity index (χ4v) is 4.75. The van der Waals surface area contributed by atoms with E-state index < -0.39 is 5.25 Å². The monoisotopic (exact) mass is 404 g/mol. The SMILES string of the molecule is CCc1cccc2c(C(=O)[C@H](Sc3nncn3C(C)C)c3ccccc3)c[nH]c12. The van der Waals surface area contributed by atoms with E-state index in [0.717, 1.165) is 28.0 Å². The zero-order valence-electron chi connectivity index (χ0n) is 16.8. The van der Waals surface area contributed by atoms with Crippen molar-refractivity contribution in [3.8, 4) is 0 Å². The first-order valence-corrected chi connectivity index (χ1v) is 10.7. The molecule has 2 heterocycles. The maximum absolute atomic E-state index is 13.7. The average molecular weight is 405 g/mol. The van der Waals surface area contributed by atoms with Gasteiger partial charge in [0.1, 0.15) is 11.6 Å². The Morgan fingerprint density at radius 2 is 1.93 bits per heavy atom. The number of thioether (sulfide) groups is 1. The van der Waals surface area contributed by atoms with Gasteiger partial charge in [0.2, 0.25) is 0 Å². The highest BCUT2D eigenvalue weighted by Gasteiger charge is 2.28. The molecule has 5 nitrogen and oxygen atoms in total. The third kappa shape index (κ3) is 3.72. The van der Waals surface area contributed by atoms with Crippen LogP contribution in [0.3, 0.4) is 0 Å². The fraction of sp³-hybridized carbons (Fsp3) is 0.261. The lowest BCUT2D eigenvalue weighted by Crippen LogP contribution is -2.11. The molecule has 1 N–H and O–H groups in total. The molecule has 0 radical (unpaired) electrons. The minimum absolute atomic E-state index is 0.0685. The van der Waals surface area contributed by atoms with Crippen molar-refractivity contribution in [3.63, 3.8) is 0 Å². The van der Waals surface area contributed by atoms with Gasteiger partial charge in [-0.05, 0) is 31.4 Å². The highest BCUT2D eigenvalue weighted by molar-refractivity contribution is 8.00. The van der Waals surface area contributed by atoms with E-state index in [-0.39, 0.29) is 11.8 Å². The molecule has 1 atom stereocenters. The third-order valence-corrected chi connectivity index (χ3v) is 6.33. The predicted molar refractivity (Wildman–Crippen MR) is 117 cm³/mol. The van der Waals surface area contributed by atoms with E-state index in [1.807, 2.05) is 53.2 Å². The highest BCUT2D eigenvalue weighted by atomic mass is 32.2. The number of fused-ring (bicyclic) bond motifs is 1. The van der Waals surface area contributed by atoms with E-state index >= 15 is 0 Å². The van der Waals surface area contributed by atoms with Crippen LogP contribution in [0.1, 0.15) is 53.5 Å². The topological polar surface area (TPSA) is 63.6 Å². The van der Waals surface area contributed by atoms with E-state index in [1.54, 1.807) is 6.33 Å². The van der Waals surface area contributed by atoms with Crippen LogP contribution in [0.2, 0.25) is 0 Å². The number of hydrogen-bond donors (Lipinski definition) is 1. The van der Waals surface area contributed by atoms with Crippen LogP contribution < -0.4 is 0 Å². The van der Waals surface area contributed by atoms with Crippen LogP contribution in [0.25, 0.3) is 10.9 Å². The third-order valence-electron chi connectivity index (χ3n) is 5.11. The number of carbonyl (C=O) groups is 1. The summed E-state index contributed by atoms with van der Waals surface area (Å²) in [6, 6.07) is 16.2. The molecule has 0 fully saturated rings. The summed E-state index contributed by atoms with van der Waals surface area (Å²) >= 11 is 1.45. The lowest BCUT2D eigenvalue weighted by molar-refractivity contribution is 0.0991. The summed E-state index contributed by atoms with van der Waals surface area (Å²) in [7, 11) is 0. The van der Waals surface area contributed by atoms with Crippen molar-refractivity contribution in [3.05, 3.63) is 77.7 Å². The molecule has 0 bridgehead atoms. The standard InChI is InChI=1S/C23H24N4OS/c1-4-16-11-8-12-18-19(13-24-20(16)18)21(28)22(17-9-6-5-7-10-17)29-23-26-25-14-27(23)15(2)3/h5-15,22,24H,4H2,1-3H3/t22-/m1/s1. The van der Waals surface area contributed by atoms with E-state index in [4.69, 9.17) is 0 Å². The molecule has 0 aliphatic carbocycles. The van der Waals surface area contributed by atoms with Gasteiger partial charge in [0.05, 0.1) is 0 Å². The number of para-hydroxylation sites is 1. The van der Waals surface area contributed by atoms with Crippen LogP contribution in [-0.2, 0) is 6.42 Å². The number of nitrogens with zero attached hydrogens (tertiary/aromatic N) is 3. The Morgan fingerprint density at radius 1 is 1.14 bits per heavy atom. The number of aromatic nitrogens is 4. The lowest BCUT2D eigenvalue weighted by Gasteiger charge is -2.17. The van der Waals surface area contributed by atoms with Crippen LogP contribution in [0.5, 0.6) is 0 Å². The van der Waals surface area contributed by atoms with Gasteiger partial charge in [-0.2, -0.15) is 0 Å². The molecule has 0 spiro atoms. The van der Waals surface area contributed by atoms with E-state index in [2.05, 4.69) is 42.0 Å². The first kappa shape index (κ1) is 19.5. The zero-order chi connectivity index (χ0) is 20.4. The molecule has 6 heteroatoms. The number of aryl methyl sites for hydroxylation is 1. The van der Waals surface area contributed by atoms with Gasteiger partial charge in [-0.1, -0.05) is 67.2 Å².